The number of aromatic nitrogens is 1. The van der Waals surface area contributed by atoms with Crippen LogP contribution in [-0.2, 0) is 6.42 Å². The molecule has 4 N–H and O–H groups in total. The van der Waals surface area contributed by atoms with E-state index in [0.717, 1.165) is 24.8 Å². The number of anilines is 3. The Morgan fingerprint density at radius 2 is 1.71 bits per heavy atom. The first-order valence-electron chi connectivity index (χ1n) is 7.53. The predicted molar refractivity (Wildman–Crippen MR) is 88.1 cm³/mol. The van der Waals surface area contributed by atoms with E-state index < -0.39 is 0 Å². The number of piperidine rings is 1. The van der Waals surface area contributed by atoms with E-state index in [-0.39, 0.29) is 0 Å². The summed E-state index contributed by atoms with van der Waals surface area (Å²) >= 11 is 0. The molecule has 2 heterocycles. The highest BCUT2D eigenvalue weighted by Gasteiger charge is 2.20. The first-order valence-corrected chi connectivity index (χ1v) is 7.53. The van der Waals surface area contributed by atoms with E-state index in [4.69, 9.17) is 11.5 Å². The lowest BCUT2D eigenvalue weighted by Gasteiger charge is -2.33. The van der Waals surface area contributed by atoms with Crippen LogP contribution in [-0.4, -0.2) is 18.1 Å². The molecular formula is C17H22N4. The highest BCUT2D eigenvalue weighted by Crippen LogP contribution is 2.26. The second kappa shape index (κ2) is 6.04. The average Bonchev–Trinajstić information content (AvgIpc) is 2.52. The summed E-state index contributed by atoms with van der Waals surface area (Å²) in [6, 6.07) is 14.5. The Balaban J connectivity index is 1.58. The molecule has 0 spiro atoms. The van der Waals surface area contributed by atoms with E-state index in [2.05, 4.69) is 40.2 Å². The van der Waals surface area contributed by atoms with E-state index in [1.54, 1.807) is 0 Å². The summed E-state index contributed by atoms with van der Waals surface area (Å²) in [5.41, 5.74) is 13.5. The van der Waals surface area contributed by atoms with Crippen LogP contribution >= 0.6 is 0 Å². The number of rotatable bonds is 3. The molecule has 4 nitrogen and oxygen atoms in total. The first kappa shape index (κ1) is 13.7. The van der Waals surface area contributed by atoms with Crippen molar-refractivity contribution in [3.05, 3.63) is 48.0 Å². The van der Waals surface area contributed by atoms with Crippen molar-refractivity contribution in [2.75, 3.05) is 29.5 Å². The summed E-state index contributed by atoms with van der Waals surface area (Å²) in [5.74, 6) is 2.13. The van der Waals surface area contributed by atoms with Crippen LogP contribution in [0.1, 0.15) is 18.4 Å². The van der Waals surface area contributed by atoms with Crippen molar-refractivity contribution < 1.29 is 0 Å². The zero-order valence-electron chi connectivity index (χ0n) is 12.2. The normalized spacial score (nSPS) is 16.1. The van der Waals surface area contributed by atoms with Crippen molar-refractivity contribution in [3.8, 4) is 0 Å². The molecule has 0 aliphatic carbocycles. The first-order chi connectivity index (χ1) is 10.2. The molecular weight excluding hydrogens is 260 g/mol. The molecule has 110 valence electrons. The van der Waals surface area contributed by atoms with Gasteiger partial charge in [-0.05, 0) is 42.9 Å². The molecule has 0 radical (unpaired) electrons. The molecule has 1 fully saturated rings. The van der Waals surface area contributed by atoms with Gasteiger partial charge in [0.15, 0.2) is 0 Å². The Bertz CT molecular complexity index is 589. The van der Waals surface area contributed by atoms with Crippen LogP contribution in [0.25, 0.3) is 0 Å². The molecule has 4 heteroatoms. The Labute approximate surface area is 125 Å². The van der Waals surface area contributed by atoms with Gasteiger partial charge in [-0.1, -0.05) is 30.3 Å². The van der Waals surface area contributed by atoms with Crippen molar-refractivity contribution >= 4 is 17.3 Å². The summed E-state index contributed by atoms with van der Waals surface area (Å²) in [5, 5.41) is 0. The topological polar surface area (TPSA) is 68.2 Å². The SMILES string of the molecule is Nc1ccc(N2CCC(Cc3ccccc3)CC2)nc1N. The van der Waals surface area contributed by atoms with Gasteiger partial charge in [-0.15, -0.1) is 0 Å². The maximum Gasteiger partial charge on any atom is 0.149 e. The second-order valence-corrected chi connectivity index (χ2v) is 5.76. The van der Waals surface area contributed by atoms with Crippen molar-refractivity contribution in [3.63, 3.8) is 0 Å². The number of nitrogen functional groups attached to an aromatic ring is 2. The van der Waals surface area contributed by atoms with Gasteiger partial charge in [-0.2, -0.15) is 0 Å². The third-order valence-electron chi connectivity index (χ3n) is 4.25. The highest BCUT2D eigenvalue weighted by atomic mass is 15.2. The van der Waals surface area contributed by atoms with Gasteiger partial charge in [-0.3, -0.25) is 0 Å². The summed E-state index contributed by atoms with van der Waals surface area (Å²) in [6.45, 7) is 2.07. The van der Waals surface area contributed by atoms with Gasteiger partial charge in [0, 0.05) is 13.1 Å². The molecule has 0 atom stereocenters. The Morgan fingerprint density at radius 3 is 2.38 bits per heavy atom. The van der Waals surface area contributed by atoms with Gasteiger partial charge in [0.05, 0.1) is 5.69 Å². The van der Waals surface area contributed by atoms with Gasteiger partial charge < -0.3 is 16.4 Å². The molecule has 1 aliphatic heterocycles. The fraction of sp³-hybridized carbons (Fsp3) is 0.353. The minimum absolute atomic E-state index is 0.430. The average molecular weight is 282 g/mol. The number of pyridine rings is 1. The molecule has 0 unspecified atom stereocenters. The Hall–Kier alpha value is -2.23. The number of nitrogens with two attached hydrogens (primary N) is 2. The molecule has 0 amide bonds. The molecule has 1 aromatic heterocycles. The van der Waals surface area contributed by atoms with Gasteiger partial charge in [0.2, 0.25) is 0 Å². The molecule has 1 aliphatic rings. The van der Waals surface area contributed by atoms with Crippen LogP contribution in [0.2, 0.25) is 0 Å². The van der Waals surface area contributed by atoms with Crippen LogP contribution in [0.15, 0.2) is 42.5 Å². The quantitative estimate of drug-likeness (QED) is 0.908. The Morgan fingerprint density at radius 1 is 1.00 bits per heavy atom. The minimum atomic E-state index is 0.430. The van der Waals surface area contributed by atoms with Crippen LogP contribution in [0.3, 0.4) is 0 Å². The van der Waals surface area contributed by atoms with E-state index in [0.29, 0.717) is 11.5 Å². The zero-order valence-corrected chi connectivity index (χ0v) is 12.2. The van der Waals surface area contributed by atoms with E-state index >= 15 is 0 Å². The monoisotopic (exact) mass is 282 g/mol. The summed E-state index contributed by atoms with van der Waals surface area (Å²) in [4.78, 5) is 6.69. The highest BCUT2D eigenvalue weighted by molar-refractivity contribution is 5.62. The van der Waals surface area contributed by atoms with Gasteiger partial charge in [0.1, 0.15) is 11.6 Å². The lowest BCUT2D eigenvalue weighted by atomic mass is 9.90. The third-order valence-corrected chi connectivity index (χ3v) is 4.25. The molecule has 2 aromatic rings. The molecule has 21 heavy (non-hydrogen) atoms. The van der Waals surface area contributed by atoms with E-state index in [9.17, 15) is 0 Å². The molecule has 3 rings (SSSR count). The molecule has 1 aromatic carbocycles. The fourth-order valence-corrected chi connectivity index (χ4v) is 2.96. The fourth-order valence-electron chi connectivity index (χ4n) is 2.96. The number of hydrogen-bond donors (Lipinski definition) is 2. The Kier molecular flexibility index (Phi) is 3.95. The second-order valence-electron chi connectivity index (χ2n) is 5.76. The van der Waals surface area contributed by atoms with Crippen LogP contribution in [0.5, 0.6) is 0 Å². The van der Waals surface area contributed by atoms with E-state index in [1.165, 1.54) is 24.8 Å². The number of hydrogen-bond acceptors (Lipinski definition) is 4. The van der Waals surface area contributed by atoms with Crippen molar-refractivity contribution in [1.82, 2.24) is 4.98 Å². The molecule has 0 saturated carbocycles. The lowest BCUT2D eigenvalue weighted by molar-refractivity contribution is 0.402. The zero-order chi connectivity index (χ0) is 14.7. The summed E-state index contributed by atoms with van der Waals surface area (Å²) in [6.07, 6.45) is 3.56. The largest absolute Gasteiger partial charge is 0.396 e. The van der Waals surface area contributed by atoms with Crippen molar-refractivity contribution in [1.29, 1.82) is 0 Å². The number of nitrogens with zero attached hydrogens (tertiary/aromatic N) is 2. The van der Waals surface area contributed by atoms with Crippen molar-refractivity contribution in [2.24, 2.45) is 5.92 Å². The summed E-state index contributed by atoms with van der Waals surface area (Å²) < 4.78 is 0. The summed E-state index contributed by atoms with van der Waals surface area (Å²) in [7, 11) is 0. The van der Waals surface area contributed by atoms with Crippen LogP contribution < -0.4 is 16.4 Å². The van der Waals surface area contributed by atoms with Crippen molar-refractivity contribution in [2.45, 2.75) is 19.3 Å². The number of benzene rings is 1. The lowest BCUT2D eigenvalue weighted by Crippen LogP contribution is -2.35. The smallest absolute Gasteiger partial charge is 0.149 e. The standard InChI is InChI=1S/C17H22N4/c18-15-6-7-16(20-17(15)19)21-10-8-14(9-11-21)12-13-4-2-1-3-5-13/h1-7,14H,8-12,18H2,(H2,19,20). The minimum Gasteiger partial charge on any atom is -0.396 e. The van der Waals surface area contributed by atoms with Gasteiger partial charge in [-0.25, -0.2) is 4.98 Å². The molecule has 1 saturated heterocycles. The maximum absolute atomic E-state index is 5.79. The maximum atomic E-state index is 5.79. The van der Waals surface area contributed by atoms with Gasteiger partial charge >= 0.3 is 0 Å². The predicted octanol–water partition coefficient (Wildman–Crippen LogP) is 2.71. The van der Waals surface area contributed by atoms with E-state index in [1.807, 2.05) is 12.1 Å². The molecule has 0 bridgehead atoms. The van der Waals surface area contributed by atoms with Crippen LogP contribution in [0.4, 0.5) is 17.3 Å². The van der Waals surface area contributed by atoms with Crippen LogP contribution in [0, 0.1) is 5.92 Å². The van der Waals surface area contributed by atoms with Gasteiger partial charge in [0.25, 0.3) is 0 Å². The third kappa shape index (κ3) is 3.27.